The van der Waals surface area contributed by atoms with Gasteiger partial charge in [-0.2, -0.15) is 0 Å². The molecule has 0 bridgehead atoms. The first kappa shape index (κ1) is 12.9. The predicted molar refractivity (Wildman–Crippen MR) is 74.1 cm³/mol. The van der Waals surface area contributed by atoms with Crippen molar-refractivity contribution in [2.24, 2.45) is 0 Å². The Hall–Kier alpha value is -1.55. The van der Waals surface area contributed by atoms with E-state index in [0.717, 1.165) is 5.69 Å². The van der Waals surface area contributed by atoms with Gasteiger partial charge in [-0.3, -0.25) is 4.79 Å². The Morgan fingerprint density at radius 3 is 2.72 bits per heavy atom. The lowest BCUT2D eigenvalue weighted by molar-refractivity contribution is -0.136. The third kappa shape index (κ3) is 2.64. The maximum Gasteiger partial charge on any atom is 0.303 e. The van der Waals surface area contributed by atoms with Crippen molar-refractivity contribution in [3.8, 4) is 10.6 Å². The monoisotopic (exact) mass is 263 g/mol. The summed E-state index contributed by atoms with van der Waals surface area (Å²) in [7, 11) is 0. The Labute approximate surface area is 111 Å². The van der Waals surface area contributed by atoms with E-state index in [1.54, 1.807) is 11.3 Å². The van der Waals surface area contributed by atoms with Crippen molar-refractivity contribution in [2.45, 2.75) is 32.7 Å². The van der Waals surface area contributed by atoms with Crippen molar-refractivity contribution < 1.29 is 9.90 Å². The number of thiophene rings is 1. The summed E-state index contributed by atoms with van der Waals surface area (Å²) in [5.74, 6) is -0.746. The summed E-state index contributed by atoms with van der Waals surface area (Å²) in [6, 6.07) is 8.59. The van der Waals surface area contributed by atoms with Crippen molar-refractivity contribution in [1.29, 1.82) is 0 Å². The minimum Gasteiger partial charge on any atom is -0.481 e. The van der Waals surface area contributed by atoms with Crippen LogP contribution in [0.1, 0.15) is 32.0 Å². The smallest absolute Gasteiger partial charge is 0.303 e. The van der Waals surface area contributed by atoms with Gasteiger partial charge < -0.3 is 9.67 Å². The zero-order chi connectivity index (χ0) is 13.1. The number of rotatable bonds is 5. The number of hydrogen-bond donors (Lipinski definition) is 1. The molecular formula is C14H17NO2S. The Bertz CT molecular complexity index is 526. The van der Waals surface area contributed by atoms with Crippen molar-refractivity contribution in [1.82, 2.24) is 4.57 Å². The van der Waals surface area contributed by atoms with Crippen LogP contribution in [0.5, 0.6) is 0 Å². The van der Waals surface area contributed by atoms with Gasteiger partial charge in [0, 0.05) is 11.7 Å². The second kappa shape index (κ2) is 5.40. The van der Waals surface area contributed by atoms with Gasteiger partial charge in [0.15, 0.2) is 0 Å². The number of aromatic nitrogens is 1. The van der Waals surface area contributed by atoms with E-state index >= 15 is 0 Å². The summed E-state index contributed by atoms with van der Waals surface area (Å²) < 4.78 is 2.23. The normalized spacial score (nSPS) is 11.1. The molecule has 2 aromatic rings. The Morgan fingerprint density at radius 1 is 1.39 bits per heavy atom. The molecule has 0 saturated heterocycles. The quantitative estimate of drug-likeness (QED) is 0.891. The number of carboxylic acids is 1. The van der Waals surface area contributed by atoms with Gasteiger partial charge in [0.2, 0.25) is 0 Å². The summed E-state index contributed by atoms with van der Waals surface area (Å²) in [5.41, 5.74) is 2.27. The van der Waals surface area contributed by atoms with E-state index in [2.05, 4.69) is 35.9 Å². The number of hydrogen-bond acceptors (Lipinski definition) is 2. The van der Waals surface area contributed by atoms with Crippen molar-refractivity contribution in [3.63, 3.8) is 0 Å². The zero-order valence-electron chi connectivity index (χ0n) is 10.6. The number of carboxylic acid groups (broad SMARTS) is 1. The van der Waals surface area contributed by atoms with Crippen LogP contribution < -0.4 is 0 Å². The minimum absolute atomic E-state index is 0.181. The molecule has 0 radical (unpaired) electrons. The SMILES string of the molecule is CC(C)n1c(CCC(=O)O)ccc1-c1cccs1. The molecule has 4 heteroatoms. The Morgan fingerprint density at radius 2 is 2.17 bits per heavy atom. The van der Waals surface area contributed by atoms with Crippen molar-refractivity contribution >= 4 is 17.3 Å². The van der Waals surface area contributed by atoms with Crippen LogP contribution in [0.4, 0.5) is 0 Å². The van der Waals surface area contributed by atoms with Gasteiger partial charge in [-0.1, -0.05) is 6.07 Å². The van der Waals surface area contributed by atoms with Gasteiger partial charge in [0.05, 0.1) is 17.0 Å². The highest BCUT2D eigenvalue weighted by atomic mass is 32.1. The van der Waals surface area contributed by atoms with E-state index in [1.165, 1.54) is 10.6 Å². The maximum atomic E-state index is 10.7. The van der Waals surface area contributed by atoms with Gasteiger partial charge in [0.1, 0.15) is 0 Å². The Balaban J connectivity index is 2.34. The topological polar surface area (TPSA) is 42.2 Å². The molecule has 2 aromatic heterocycles. The van der Waals surface area contributed by atoms with E-state index in [4.69, 9.17) is 5.11 Å². The average Bonchev–Trinajstić information content (AvgIpc) is 2.94. The molecule has 0 atom stereocenters. The van der Waals surface area contributed by atoms with Crippen LogP contribution in [0.3, 0.4) is 0 Å². The molecule has 0 unspecified atom stereocenters. The summed E-state index contributed by atoms with van der Waals surface area (Å²) in [5, 5.41) is 10.8. The molecule has 18 heavy (non-hydrogen) atoms. The highest BCUT2D eigenvalue weighted by Gasteiger charge is 2.13. The molecule has 0 aliphatic heterocycles. The van der Waals surface area contributed by atoms with E-state index in [0.29, 0.717) is 12.5 Å². The zero-order valence-corrected chi connectivity index (χ0v) is 11.4. The number of aryl methyl sites for hydroxylation is 1. The fourth-order valence-corrected chi connectivity index (χ4v) is 2.91. The molecule has 0 amide bonds. The molecule has 3 nitrogen and oxygen atoms in total. The van der Waals surface area contributed by atoms with Gasteiger partial charge in [-0.15, -0.1) is 11.3 Å². The largest absolute Gasteiger partial charge is 0.481 e. The minimum atomic E-state index is -0.746. The highest BCUT2D eigenvalue weighted by molar-refractivity contribution is 7.13. The second-order valence-electron chi connectivity index (χ2n) is 4.54. The van der Waals surface area contributed by atoms with Crippen molar-refractivity contribution in [3.05, 3.63) is 35.3 Å². The average molecular weight is 263 g/mol. The molecule has 1 N–H and O–H groups in total. The lowest BCUT2D eigenvalue weighted by Crippen LogP contribution is -2.08. The predicted octanol–water partition coefficient (Wildman–Crippen LogP) is 3.81. The second-order valence-corrected chi connectivity index (χ2v) is 5.49. The van der Waals surface area contributed by atoms with E-state index in [1.807, 2.05) is 12.1 Å². The molecule has 0 aliphatic carbocycles. The van der Waals surface area contributed by atoms with Crippen LogP contribution in [-0.4, -0.2) is 15.6 Å². The van der Waals surface area contributed by atoms with Crippen LogP contribution in [0.25, 0.3) is 10.6 Å². The third-order valence-corrected chi connectivity index (χ3v) is 3.78. The van der Waals surface area contributed by atoms with Gasteiger partial charge in [-0.05, 0) is 43.8 Å². The molecule has 0 fully saturated rings. The maximum absolute atomic E-state index is 10.7. The van der Waals surface area contributed by atoms with Gasteiger partial charge in [-0.25, -0.2) is 0 Å². The van der Waals surface area contributed by atoms with Crippen molar-refractivity contribution in [2.75, 3.05) is 0 Å². The summed E-state index contributed by atoms with van der Waals surface area (Å²) >= 11 is 1.71. The van der Waals surface area contributed by atoms with Gasteiger partial charge in [0.25, 0.3) is 0 Å². The standard InChI is InChI=1S/C14H17NO2S/c1-10(2)15-11(6-8-14(16)17)5-7-12(15)13-4-3-9-18-13/h3-5,7,9-10H,6,8H2,1-2H3,(H,16,17). The third-order valence-electron chi connectivity index (χ3n) is 2.89. The van der Waals surface area contributed by atoms with Crippen LogP contribution in [0.15, 0.2) is 29.6 Å². The summed E-state index contributed by atoms with van der Waals surface area (Å²) in [6.45, 7) is 4.25. The highest BCUT2D eigenvalue weighted by Crippen LogP contribution is 2.30. The number of carbonyl (C=O) groups is 1. The Kier molecular flexibility index (Phi) is 3.87. The van der Waals surface area contributed by atoms with E-state index in [-0.39, 0.29) is 6.42 Å². The molecule has 0 aromatic carbocycles. The van der Waals surface area contributed by atoms with E-state index in [9.17, 15) is 4.79 Å². The van der Waals surface area contributed by atoms with Crippen LogP contribution >= 0.6 is 11.3 Å². The van der Waals surface area contributed by atoms with Crippen LogP contribution in [0, 0.1) is 0 Å². The first-order chi connectivity index (χ1) is 8.59. The molecule has 0 aliphatic rings. The number of aliphatic carboxylic acids is 1. The fourth-order valence-electron chi connectivity index (χ4n) is 2.16. The summed E-state index contributed by atoms with van der Waals surface area (Å²) in [4.78, 5) is 11.9. The molecule has 2 rings (SSSR count). The lowest BCUT2D eigenvalue weighted by Gasteiger charge is -2.16. The lowest BCUT2D eigenvalue weighted by atomic mass is 10.2. The molecule has 0 spiro atoms. The summed E-state index contributed by atoms with van der Waals surface area (Å²) in [6.07, 6.45) is 0.763. The number of nitrogens with zero attached hydrogens (tertiary/aromatic N) is 1. The molecular weight excluding hydrogens is 246 g/mol. The first-order valence-electron chi connectivity index (χ1n) is 6.05. The first-order valence-corrected chi connectivity index (χ1v) is 6.93. The fraction of sp³-hybridized carbons (Fsp3) is 0.357. The molecule has 0 saturated carbocycles. The van der Waals surface area contributed by atoms with Crippen LogP contribution in [-0.2, 0) is 11.2 Å². The molecule has 96 valence electrons. The molecule has 2 heterocycles. The van der Waals surface area contributed by atoms with E-state index < -0.39 is 5.97 Å². The van der Waals surface area contributed by atoms with Crippen LogP contribution in [0.2, 0.25) is 0 Å². The van der Waals surface area contributed by atoms with Gasteiger partial charge >= 0.3 is 5.97 Å².